The molecule has 0 aliphatic carbocycles. The van der Waals surface area contributed by atoms with Gasteiger partial charge in [0.1, 0.15) is 0 Å². The van der Waals surface area contributed by atoms with Crippen molar-refractivity contribution in [1.29, 1.82) is 0 Å². The van der Waals surface area contributed by atoms with E-state index < -0.39 is 0 Å². The minimum absolute atomic E-state index is 0.0266. The Balaban J connectivity index is 1.88. The zero-order valence-electron chi connectivity index (χ0n) is 17.4. The van der Waals surface area contributed by atoms with E-state index in [1.165, 1.54) is 0 Å². The van der Waals surface area contributed by atoms with Crippen LogP contribution < -0.4 is 16.2 Å². The van der Waals surface area contributed by atoms with Crippen LogP contribution in [0.15, 0.2) is 48.6 Å². The van der Waals surface area contributed by atoms with Crippen LogP contribution >= 0.6 is 0 Å². The van der Waals surface area contributed by atoms with E-state index in [1.54, 1.807) is 0 Å². The molecule has 1 amide bonds. The van der Waals surface area contributed by atoms with Gasteiger partial charge in [0.2, 0.25) is 5.91 Å². The van der Waals surface area contributed by atoms with E-state index in [0.717, 1.165) is 57.8 Å². The zero-order chi connectivity index (χ0) is 20.3. The van der Waals surface area contributed by atoms with E-state index in [4.69, 9.17) is 6.42 Å². The minimum Gasteiger partial charge on any atom is -0.356 e. The number of terminal acetylenes is 1. The molecule has 1 aliphatic rings. The number of carbonyl (C=O) groups excluding carboxylic acids is 1. The van der Waals surface area contributed by atoms with Crippen molar-refractivity contribution in [2.24, 2.45) is 0 Å². The molecule has 0 spiro atoms. The van der Waals surface area contributed by atoms with Crippen LogP contribution in [0, 0.1) is 12.3 Å². The van der Waals surface area contributed by atoms with Crippen LogP contribution in [0.2, 0.25) is 0 Å². The third kappa shape index (κ3) is 15.0. The topological polar surface area (TPSA) is 73.0 Å². The Morgan fingerprint density at radius 1 is 0.929 bits per heavy atom. The molecule has 1 aliphatic heterocycles. The summed E-state index contributed by atoms with van der Waals surface area (Å²) in [5.74, 6) is 2.80. The Kier molecular flexibility index (Phi) is 13.6. The summed E-state index contributed by atoms with van der Waals surface area (Å²) in [5, 5.41) is 2.96. The molecule has 0 aromatic rings. The first-order valence-electron chi connectivity index (χ1n) is 10.5. The predicted octanol–water partition coefficient (Wildman–Crippen LogP) is 4.69. The zero-order valence-corrected chi connectivity index (χ0v) is 17.4. The van der Waals surface area contributed by atoms with E-state index in [2.05, 4.69) is 77.6 Å². The fourth-order valence-electron chi connectivity index (χ4n) is 2.52. The number of unbranched alkanes of at least 4 members (excludes halogenated alkanes) is 3. The highest BCUT2D eigenvalue weighted by Crippen LogP contribution is 2.12. The normalized spacial score (nSPS) is 15.7. The molecular formula is C24H37N3O. The maximum atomic E-state index is 11.7. The first-order chi connectivity index (χ1) is 13.7. The molecule has 0 radical (unpaired) electrons. The minimum atomic E-state index is 0.0266. The molecule has 154 valence electrons. The average Bonchev–Trinajstić information content (AvgIpc) is 3.41. The van der Waals surface area contributed by atoms with Crippen LogP contribution in [0.3, 0.4) is 0 Å². The molecule has 1 saturated heterocycles. The van der Waals surface area contributed by atoms with Crippen LogP contribution in [-0.2, 0) is 4.79 Å². The molecule has 0 aromatic heterocycles. The smallest absolute Gasteiger partial charge is 0.220 e. The van der Waals surface area contributed by atoms with Gasteiger partial charge in [-0.1, -0.05) is 48.6 Å². The summed E-state index contributed by atoms with van der Waals surface area (Å²) in [5.41, 5.74) is 6.15. The number of hydrogen-bond donors (Lipinski definition) is 3. The Hall–Kier alpha value is -2.09. The largest absolute Gasteiger partial charge is 0.356 e. The molecule has 1 heterocycles. The number of carbonyl (C=O) groups is 1. The maximum Gasteiger partial charge on any atom is 0.220 e. The lowest BCUT2D eigenvalue weighted by atomic mass is 10.2. The highest BCUT2D eigenvalue weighted by Gasteiger charge is 2.34. The van der Waals surface area contributed by atoms with Gasteiger partial charge in [-0.2, -0.15) is 0 Å². The highest BCUT2D eigenvalue weighted by atomic mass is 16.1. The number of hydrazine groups is 1. The molecule has 0 aromatic carbocycles. The lowest BCUT2D eigenvalue weighted by Crippen LogP contribution is -2.28. The molecule has 4 nitrogen and oxygen atoms in total. The molecule has 1 rings (SSSR count). The van der Waals surface area contributed by atoms with Gasteiger partial charge in [0.15, 0.2) is 0 Å². The molecule has 0 saturated carbocycles. The van der Waals surface area contributed by atoms with Crippen molar-refractivity contribution in [3.63, 3.8) is 0 Å². The molecule has 3 N–H and O–H groups in total. The van der Waals surface area contributed by atoms with Crippen LogP contribution in [0.5, 0.6) is 0 Å². The number of rotatable bonds is 16. The lowest BCUT2D eigenvalue weighted by molar-refractivity contribution is -0.121. The van der Waals surface area contributed by atoms with E-state index in [-0.39, 0.29) is 11.6 Å². The second kappa shape index (κ2) is 15.9. The van der Waals surface area contributed by atoms with E-state index in [9.17, 15) is 4.79 Å². The quantitative estimate of drug-likeness (QED) is 0.157. The maximum absolute atomic E-state index is 11.7. The van der Waals surface area contributed by atoms with E-state index >= 15 is 0 Å². The Labute approximate surface area is 171 Å². The summed E-state index contributed by atoms with van der Waals surface area (Å²) in [6.45, 7) is 2.80. The first-order valence-corrected chi connectivity index (χ1v) is 10.5. The summed E-state index contributed by atoms with van der Waals surface area (Å²) in [7, 11) is 0. The second-order valence-electron chi connectivity index (χ2n) is 7.26. The summed E-state index contributed by atoms with van der Waals surface area (Å²) >= 11 is 0. The van der Waals surface area contributed by atoms with Gasteiger partial charge in [0.25, 0.3) is 0 Å². The van der Waals surface area contributed by atoms with Gasteiger partial charge in [-0.3, -0.25) is 4.79 Å². The van der Waals surface area contributed by atoms with Crippen molar-refractivity contribution in [2.75, 3.05) is 6.54 Å². The SMILES string of the molecule is C#CCCC/C=C\C/C=C\C/C=C\C/C=C\CCCC(=O)NCCC1(C)NN1. The Bertz CT molecular complexity index is 577. The highest BCUT2D eigenvalue weighted by molar-refractivity contribution is 5.75. The van der Waals surface area contributed by atoms with Gasteiger partial charge < -0.3 is 5.32 Å². The predicted molar refractivity (Wildman–Crippen MR) is 119 cm³/mol. The van der Waals surface area contributed by atoms with Crippen molar-refractivity contribution in [3.8, 4) is 12.3 Å². The number of hydrogen-bond acceptors (Lipinski definition) is 3. The number of allylic oxidation sites excluding steroid dienone is 8. The third-order valence-electron chi connectivity index (χ3n) is 4.45. The molecule has 28 heavy (non-hydrogen) atoms. The van der Waals surface area contributed by atoms with E-state index in [1.807, 2.05) is 0 Å². The number of nitrogens with one attached hydrogen (secondary N) is 3. The molecule has 0 atom stereocenters. The fourth-order valence-corrected chi connectivity index (χ4v) is 2.52. The van der Waals surface area contributed by atoms with Gasteiger partial charge in [-0.05, 0) is 58.3 Å². The van der Waals surface area contributed by atoms with Crippen LogP contribution in [0.1, 0.15) is 71.1 Å². The summed E-state index contributed by atoms with van der Waals surface area (Å²) in [4.78, 5) is 11.7. The second-order valence-corrected chi connectivity index (χ2v) is 7.26. The van der Waals surface area contributed by atoms with E-state index in [0.29, 0.717) is 13.0 Å². The van der Waals surface area contributed by atoms with Crippen molar-refractivity contribution >= 4 is 5.91 Å². The van der Waals surface area contributed by atoms with Gasteiger partial charge in [0.05, 0.1) is 5.66 Å². The average molecular weight is 384 g/mol. The van der Waals surface area contributed by atoms with Crippen molar-refractivity contribution < 1.29 is 4.79 Å². The fraction of sp³-hybridized carbons (Fsp3) is 0.542. The molecule has 0 unspecified atom stereocenters. The van der Waals surface area contributed by atoms with Gasteiger partial charge in [-0.15, -0.1) is 12.3 Å². The summed E-state index contributed by atoms with van der Waals surface area (Å²) in [6.07, 6.45) is 32.0. The standard InChI is InChI=1S/C24H37N3O/c1-3-4-5-6-7-8-9-10-11-12-13-14-15-16-17-18-19-20-23(28)25-22-21-24(2)26-27-24/h1,7-8,10-11,13-14,16-17,26-27H,4-6,9,12,15,18-22H2,2H3,(H,25,28)/b8-7-,11-10-,14-13-,17-16-. The van der Waals surface area contributed by atoms with Crippen LogP contribution in [0.4, 0.5) is 0 Å². The van der Waals surface area contributed by atoms with Gasteiger partial charge in [0, 0.05) is 19.4 Å². The molecule has 1 fully saturated rings. The monoisotopic (exact) mass is 383 g/mol. The van der Waals surface area contributed by atoms with Crippen molar-refractivity contribution in [1.82, 2.24) is 16.2 Å². The Morgan fingerprint density at radius 2 is 1.46 bits per heavy atom. The first kappa shape index (κ1) is 23.9. The van der Waals surface area contributed by atoms with Gasteiger partial charge >= 0.3 is 0 Å². The lowest BCUT2D eigenvalue weighted by Gasteiger charge is -2.06. The molecular weight excluding hydrogens is 346 g/mol. The van der Waals surface area contributed by atoms with Crippen molar-refractivity contribution in [3.05, 3.63) is 48.6 Å². The third-order valence-corrected chi connectivity index (χ3v) is 4.45. The van der Waals surface area contributed by atoms with Crippen LogP contribution in [-0.4, -0.2) is 18.1 Å². The van der Waals surface area contributed by atoms with Crippen LogP contribution in [0.25, 0.3) is 0 Å². The number of amides is 1. The van der Waals surface area contributed by atoms with Crippen molar-refractivity contribution in [2.45, 2.75) is 76.8 Å². The molecule has 0 bridgehead atoms. The summed E-state index contributed by atoms with van der Waals surface area (Å²) < 4.78 is 0. The summed E-state index contributed by atoms with van der Waals surface area (Å²) in [6, 6.07) is 0. The Morgan fingerprint density at radius 3 is 2.00 bits per heavy atom. The van der Waals surface area contributed by atoms with Gasteiger partial charge in [-0.25, -0.2) is 10.9 Å². The molecule has 4 heteroatoms.